The Kier molecular flexibility index (Phi) is 8.01. The van der Waals surface area contributed by atoms with Crippen molar-refractivity contribution < 1.29 is 14.3 Å². The number of amides is 2. The minimum absolute atomic E-state index is 0.0390. The van der Waals surface area contributed by atoms with Crippen molar-refractivity contribution >= 4 is 23.2 Å². The van der Waals surface area contributed by atoms with Crippen molar-refractivity contribution in [3.8, 4) is 0 Å². The number of methoxy groups -OCH3 is 1. The first-order valence-electron chi connectivity index (χ1n) is 10.5. The van der Waals surface area contributed by atoms with Crippen LogP contribution in [-0.2, 0) is 9.53 Å². The number of nitrogens with one attached hydrogen (secondary N) is 1. The average Bonchev–Trinajstić information content (AvgIpc) is 3.30. The summed E-state index contributed by atoms with van der Waals surface area (Å²) >= 11 is 1.58. The van der Waals surface area contributed by atoms with Crippen LogP contribution >= 0.6 is 11.3 Å². The van der Waals surface area contributed by atoms with Crippen LogP contribution in [0.2, 0.25) is 0 Å². The third-order valence-electron chi connectivity index (χ3n) is 5.71. The Labute approximate surface area is 182 Å². The summed E-state index contributed by atoms with van der Waals surface area (Å²) < 4.78 is 5.26. The molecule has 2 amide bonds. The van der Waals surface area contributed by atoms with Gasteiger partial charge < -0.3 is 19.9 Å². The average molecular weight is 430 g/mol. The molecule has 0 aliphatic carbocycles. The van der Waals surface area contributed by atoms with E-state index in [0.29, 0.717) is 25.3 Å². The highest BCUT2D eigenvalue weighted by Gasteiger charge is 2.44. The fourth-order valence-corrected chi connectivity index (χ4v) is 4.95. The lowest BCUT2D eigenvalue weighted by Gasteiger charge is -2.41. The van der Waals surface area contributed by atoms with Gasteiger partial charge in [0, 0.05) is 37.2 Å². The van der Waals surface area contributed by atoms with Gasteiger partial charge in [-0.25, -0.2) is 0 Å². The van der Waals surface area contributed by atoms with Crippen molar-refractivity contribution in [2.75, 3.05) is 46.4 Å². The van der Waals surface area contributed by atoms with E-state index in [0.717, 1.165) is 30.1 Å². The van der Waals surface area contributed by atoms with Crippen LogP contribution in [-0.4, -0.2) is 68.1 Å². The maximum absolute atomic E-state index is 13.5. The molecule has 6 nitrogen and oxygen atoms in total. The maximum Gasteiger partial charge on any atom is 0.254 e. The number of rotatable bonds is 10. The summed E-state index contributed by atoms with van der Waals surface area (Å²) in [5, 5.41) is 5.12. The molecule has 162 valence electrons. The predicted molar refractivity (Wildman–Crippen MR) is 120 cm³/mol. The highest BCUT2D eigenvalue weighted by Crippen LogP contribution is 2.44. The molecule has 2 heterocycles. The van der Waals surface area contributed by atoms with E-state index in [-0.39, 0.29) is 17.9 Å². The summed E-state index contributed by atoms with van der Waals surface area (Å²) in [6.07, 6.45) is 0. The van der Waals surface area contributed by atoms with E-state index in [1.165, 1.54) is 0 Å². The van der Waals surface area contributed by atoms with E-state index in [4.69, 9.17) is 4.74 Å². The highest BCUT2D eigenvalue weighted by molar-refractivity contribution is 7.10. The van der Waals surface area contributed by atoms with Gasteiger partial charge in [-0.15, -0.1) is 11.3 Å². The van der Waals surface area contributed by atoms with Gasteiger partial charge in [-0.1, -0.05) is 38.1 Å². The molecule has 1 aromatic carbocycles. The molecule has 30 heavy (non-hydrogen) atoms. The van der Waals surface area contributed by atoms with Gasteiger partial charge >= 0.3 is 0 Å². The molecule has 0 saturated heterocycles. The number of likely N-dealkylation sites (N-methyl/N-ethyl adjacent to an activating group) is 1. The second-order valence-electron chi connectivity index (χ2n) is 7.33. The zero-order chi connectivity index (χ0) is 21.5. The largest absolute Gasteiger partial charge is 0.383 e. The van der Waals surface area contributed by atoms with Crippen molar-refractivity contribution in [3.05, 3.63) is 57.8 Å². The Morgan fingerprint density at radius 1 is 1.20 bits per heavy atom. The molecular formula is C23H31N3O3S. The van der Waals surface area contributed by atoms with Crippen molar-refractivity contribution in [2.24, 2.45) is 0 Å². The third kappa shape index (κ3) is 4.74. The van der Waals surface area contributed by atoms with Crippen LogP contribution in [0.25, 0.3) is 0 Å². The van der Waals surface area contributed by atoms with Crippen LogP contribution in [0.4, 0.5) is 0 Å². The fraction of sp³-hybridized carbons (Fsp3) is 0.478. The Balaban J connectivity index is 1.94. The molecule has 1 aromatic heterocycles. The van der Waals surface area contributed by atoms with Gasteiger partial charge in [0.15, 0.2) is 0 Å². The lowest BCUT2D eigenvalue weighted by molar-refractivity contribution is -0.124. The van der Waals surface area contributed by atoms with Gasteiger partial charge in [-0.3, -0.25) is 9.59 Å². The lowest BCUT2D eigenvalue weighted by Crippen LogP contribution is -2.48. The zero-order valence-electron chi connectivity index (χ0n) is 18.0. The lowest BCUT2D eigenvalue weighted by atomic mass is 9.81. The first-order chi connectivity index (χ1) is 14.6. The van der Waals surface area contributed by atoms with Gasteiger partial charge in [0.2, 0.25) is 5.91 Å². The normalized spacial score (nSPS) is 18.5. The van der Waals surface area contributed by atoms with Crippen LogP contribution in [0.1, 0.15) is 46.6 Å². The minimum Gasteiger partial charge on any atom is -0.383 e. The summed E-state index contributed by atoms with van der Waals surface area (Å²) in [6.45, 7) is 8.40. The molecule has 0 fully saturated rings. The second kappa shape index (κ2) is 10.7. The third-order valence-corrected chi connectivity index (χ3v) is 6.66. The van der Waals surface area contributed by atoms with Gasteiger partial charge in [0.1, 0.15) is 0 Å². The van der Waals surface area contributed by atoms with Gasteiger partial charge in [-0.05, 0) is 36.2 Å². The summed E-state index contributed by atoms with van der Waals surface area (Å²) in [7, 11) is 1.62. The van der Waals surface area contributed by atoms with Crippen molar-refractivity contribution in [3.63, 3.8) is 0 Å². The van der Waals surface area contributed by atoms with Crippen LogP contribution < -0.4 is 5.32 Å². The molecule has 0 bridgehead atoms. The number of carbonyl (C=O) groups excluding carboxylic acids is 2. The number of nitrogens with zero attached hydrogens (tertiary/aromatic N) is 2. The zero-order valence-corrected chi connectivity index (χ0v) is 18.8. The number of hydrogen-bond donors (Lipinski definition) is 1. The molecule has 1 aliphatic heterocycles. The molecule has 3 rings (SSSR count). The molecule has 0 saturated carbocycles. The smallest absolute Gasteiger partial charge is 0.254 e. The summed E-state index contributed by atoms with van der Waals surface area (Å²) in [5.41, 5.74) is 1.40. The number of fused-ring (bicyclic) bond motifs is 1. The van der Waals surface area contributed by atoms with Gasteiger partial charge in [0.25, 0.3) is 5.91 Å². The Morgan fingerprint density at radius 3 is 2.63 bits per heavy atom. The van der Waals surface area contributed by atoms with E-state index in [1.54, 1.807) is 23.3 Å². The van der Waals surface area contributed by atoms with E-state index >= 15 is 0 Å². The molecule has 0 spiro atoms. The fourth-order valence-electron chi connectivity index (χ4n) is 4.07. The number of benzene rings is 1. The molecule has 0 radical (unpaired) electrons. The van der Waals surface area contributed by atoms with Gasteiger partial charge in [0.05, 0.1) is 18.6 Å². The molecule has 7 heteroatoms. The topological polar surface area (TPSA) is 61.9 Å². The molecule has 2 atom stereocenters. The quantitative estimate of drug-likeness (QED) is 0.630. The van der Waals surface area contributed by atoms with E-state index in [1.807, 2.05) is 41.8 Å². The van der Waals surface area contributed by atoms with Crippen molar-refractivity contribution in [1.82, 2.24) is 15.1 Å². The molecule has 1 aliphatic rings. The second-order valence-corrected chi connectivity index (χ2v) is 8.31. The molecule has 0 unspecified atom stereocenters. The predicted octanol–water partition coefficient (Wildman–Crippen LogP) is 3.13. The Bertz CT molecular complexity index is 836. The minimum atomic E-state index is -0.453. The van der Waals surface area contributed by atoms with Crippen LogP contribution in [0, 0.1) is 0 Å². The number of ether oxygens (including phenoxy) is 1. The number of hydrogen-bond acceptors (Lipinski definition) is 5. The van der Waals surface area contributed by atoms with Crippen molar-refractivity contribution in [1.29, 1.82) is 0 Å². The summed E-state index contributed by atoms with van der Waals surface area (Å²) in [4.78, 5) is 31.9. The highest BCUT2D eigenvalue weighted by atomic mass is 32.1. The molecular weight excluding hydrogens is 398 g/mol. The number of thiophene rings is 1. The van der Waals surface area contributed by atoms with E-state index in [9.17, 15) is 9.59 Å². The molecule has 1 N–H and O–H groups in total. The number of carbonyl (C=O) groups is 2. The van der Waals surface area contributed by atoms with Crippen LogP contribution in [0.5, 0.6) is 0 Å². The maximum atomic E-state index is 13.5. The first-order valence-corrected chi connectivity index (χ1v) is 11.4. The van der Waals surface area contributed by atoms with Crippen LogP contribution in [0.15, 0.2) is 41.8 Å². The summed E-state index contributed by atoms with van der Waals surface area (Å²) in [6, 6.07) is 11.1. The SMILES string of the molecule is CCN(CC)CCNC(=O)[C@H]1c2ccccc2C(=O)N(CCOC)[C@H]1c1cccs1. The Hall–Kier alpha value is -2.22. The summed E-state index contributed by atoms with van der Waals surface area (Å²) in [5.74, 6) is -0.540. The van der Waals surface area contributed by atoms with E-state index in [2.05, 4.69) is 24.1 Å². The molecule has 2 aromatic rings. The van der Waals surface area contributed by atoms with Crippen molar-refractivity contribution in [2.45, 2.75) is 25.8 Å². The monoisotopic (exact) mass is 429 g/mol. The van der Waals surface area contributed by atoms with Crippen LogP contribution in [0.3, 0.4) is 0 Å². The first kappa shape index (κ1) is 22.5. The van der Waals surface area contributed by atoms with E-state index < -0.39 is 5.92 Å². The Morgan fingerprint density at radius 2 is 1.97 bits per heavy atom. The van der Waals surface area contributed by atoms with Gasteiger partial charge in [-0.2, -0.15) is 0 Å². The standard InChI is InChI=1S/C23H31N3O3S/c1-4-25(5-2)13-12-24-22(27)20-17-9-6-7-10-18(17)23(28)26(14-15-29-3)21(20)19-11-8-16-30-19/h6-11,16,20-21H,4-5,12-15H2,1-3H3,(H,24,27)/t20-,21-/m0/s1.